The van der Waals surface area contributed by atoms with Gasteiger partial charge in [0.25, 0.3) is 0 Å². The van der Waals surface area contributed by atoms with Gasteiger partial charge in [-0.3, -0.25) is 0 Å². The van der Waals surface area contributed by atoms with E-state index in [4.69, 9.17) is 9.57 Å². The fourth-order valence-electron chi connectivity index (χ4n) is 1.02. The predicted octanol–water partition coefficient (Wildman–Crippen LogP) is 1.48. The third-order valence-corrected chi connectivity index (χ3v) is 1.70. The van der Waals surface area contributed by atoms with Gasteiger partial charge in [0.05, 0.1) is 13.3 Å². The van der Waals surface area contributed by atoms with E-state index >= 15 is 0 Å². The SMILES string of the molecule is CCO/N=C/c1cc(O)c(O)c(OC)c1. The highest BCUT2D eigenvalue weighted by Crippen LogP contribution is 2.35. The van der Waals surface area contributed by atoms with E-state index < -0.39 is 0 Å². The molecule has 1 aromatic carbocycles. The molecule has 0 aromatic heterocycles. The van der Waals surface area contributed by atoms with E-state index in [0.717, 1.165) is 0 Å². The molecular weight excluding hydrogens is 198 g/mol. The van der Waals surface area contributed by atoms with Crippen LogP contribution in [0.3, 0.4) is 0 Å². The number of hydrogen-bond donors (Lipinski definition) is 2. The van der Waals surface area contributed by atoms with Crippen molar-refractivity contribution in [2.24, 2.45) is 5.16 Å². The minimum absolute atomic E-state index is 0.188. The number of methoxy groups -OCH3 is 1. The Morgan fingerprint density at radius 2 is 2.13 bits per heavy atom. The van der Waals surface area contributed by atoms with Crippen LogP contribution in [0.1, 0.15) is 12.5 Å². The fraction of sp³-hybridized carbons (Fsp3) is 0.300. The maximum atomic E-state index is 9.34. The van der Waals surface area contributed by atoms with Gasteiger partial charge in [-0.15, -0.1) is 0 Å². The Morgan fingerprint density at radius 3 is 2.73 bits per heavy atom. The van der Waals surface area contributed by atoms with Crippen molar-refractivity contribution in [3.05, 3.63) is 17.7 Å². The Hall–Kier alpha value is -1.91. The van der Waals surface area contributed by atoms with E-state index in [0.29, 0.717) is 12.2 Å². The van der Waals surface area contributed by atoms with Gasteiger partial charge in [0.2, 0.25) is 5.75 Å². The molecule has 15 heavy (non-hydrogen) atoms. The summed E-state index contributed by atoms with van der Waals surface area (Å²) < 4.78 is 4.86. The second-order valence-corrected chi connectivity index (χ2v) is 2.74. The van der Waals surface area contributed by atoms with Crippen LogP contribution in [0, 0.1) is 0 Å². The van der Waals surface area contributed by atoms with E-state index in [1.54, 1.807) is 0 Å². The molecule has 5 nitrogen and oxygen atoms in total. The van der Waals surface area contributed by atoms with Crippen molar-refractivity contribution in [2.45, 2.75) is 6.92 Å². The van der Waals surface area contributed by atoms with E-state index in [-0.39, 0.29) is 17.2 Å². The van der Waals surface area contributed by atoms with Crippen LogP contribution in [0.2, 0.25) is 0 Å². The molecule has 0 aliphatic rings. The molecule has 0 saturated carbocycles. The zero-order valence-electron chi connectivity index (χ0n) is 8.60. The number of ether oxygens (including phenoxy) is 1. The van der Waals surface area contributed by atoms with Crippen LogP contribution >= 0.6 is 0 Å². The summed E-state index contributed by atoms with van der Waals surface area (Å²) in [4.78, 5) is 4.77. The van der Waals surface area contributed by atoms with Gasteiger partial charge in [-0.05, 0) is 19.1 Å². The molecule has 0 heterocycles. The standard InChI is InChI=1S/C10H13NO4/c1-3-15-11-6-7-4-8(12)10(13)9(5-7)14-2/h4-6,12-13H,3H2,1-2H3/b11-6+. The molecule has 5 heteroatoms. The Balaban J connectivity index is 2.95. The van der Waals surface area contributed by atoms with Crippen LogP contribution in [-0.2, 0) is 4.84 Å². The van der Waals surface area contributed by atoms with E-state index in [1.807, 2.05) is 6.92 Å². The highest BCUT2D eigenvalue weighted by molar-refractivity contribution is 5.81. The lowest BCUT2D eigenvalue weighted by Crippen LogP contribution is -1.89. The number of phenols is 2. The molecule has 82 valence electrons. The van der Waals surface area contributed by atoms with Crippen molar-refractivity contribution < 1.29 is 19.8 Å². The van der Waals surface area contributed by atoms with Gasteiger partial charge in [-0.2, -0.15) is 0 Å². The van der Waals surface area contributed by atoms with Crippen molar-refractivity contribution in [2.75, 3.05) is 13.7 Å². The maximum absolute atomic E-state index is 9.34. The zero-order chi connectivity index (χ0) is 11.3. The second kappa shape index (κ2) is 5.09. The predicted molar refractivity (Wildman–Crippen MR) is 55.5 cm³/mol. The van der Waals surface area contributed by atoms with Crippen LogP contribution in [0.5, 0.6) is 17.2 Å². The molecular formula is C10H13NO4. The van der Waals surface area contributed by atoms with Crippen molar-refractivity contribution in [1.29, 1.82) is 0 Å². The van der Waals surface area contributed by atoms with E-state index in [9.17, 15) is 10.2 Å². The van der Waals surface area contributed by atoms with Crippen molar-refractivity contribution in [3.63, 3.8) is 0 Å². The lowest BCUT2D eigenvalue weighted by atomic mass is 10.2. The number of phenolic OH excluding ortho intramolecular Hbond substituents is 2. The van der Waals surface area contributed by atoms with Gasteiger partial charge in [0.15, 0.2) is 11.5 Å². The molecule has 0 fully saturated rings. The molecule has 0 unspecified atom stereocenters. The molecule has 0 aliphatic heterocycles. The maximum Gasteiger partial charge on any atom is 0.200 e. The fourth-order valence-corrected chi connectivity index (χ4v) is 1.02. The number of hydrogen-bond acceptors (Lipinski definition) is 5. The molecule has 0 atom stereocenters. The molecule has 0 aliphatic carbocycles. The van der Waals surface area contributed by atoms with E-state index in [2.05, 4.69) is 5.16 Å². The van der Waals surface area contributed by atoms with Crippen LogP contribution < -0.4 is 4.74 Å². The summed E-state index contributed by atoms with van der Waals surface area (Å²) in [5.41, 5.74) is 0.579. The quantitative estimate of drug-likeness (QED) is 0.449. The summed E-state index contributed by atoms with van der Waals surface area (Å²) in [5, 5.41) is 22.3. The molecule has 1 aromatic rings. The van der Waals surface area contributed by atoms with E-state index in [1.165, 1.54) is 25.5 Å². The molecule has 0 bridgehead atoms. The summed E-state index contributed by atoms with van der Waals surface area (Å²) in [6.07, 6.45) is 1.42. The van der Waals surface area contributed by atoms with Gasteiger partial charge < -0.3 is 19.8 Å². The monoisotopic (exact) mass is 211 g/mol. The number of rotatable bonds is 4. The average molecular weight is 211 g/mol. The third kappa shape index (κ3) is 2.77. The van der Waals surface area contributed by atoms with Gasteiger partial charge in [0.1, 0.15) is 6.61 Å². The van der Waals surface area contributed by atoms with Crippen molar-refractivity contribution >= 4 is 6.21 Å². The lowest BCUT2D eigenvalue weighted by molar-refractivity contribution is 0.160. The van der Waals surface area contributed by atoms with Crippen LogP contribution in [0.4, 0.5) is 0 Å². The minimum Gasteiger partial charge on any atom is -0.504 e. The highest BCUT2D eigenvalue weighted by Gasteiger charge is 2.08. The van der Waals surface area contributed by atoms with Gasteiger partial charge in [-0.25, -0.2) is 0 Å². The van der Waals surface area contributed by atoms with Crippen LogP contribution in [-0.4, -0.2) is 30.1 Å². The number of oxime groups is 1. The number of nitrogens with zero attached hydrogens (tertiary/aromatic N) is 1. The van der Waals surface area contributed by atoms with Crippen molar-refractivity contribution in [3.8, 4) is 17.2 Å². The van der Waals surface area contributed by atoms with Crippen molar-refractivity contribution in [1.82, 2.24) is 0 Å². The number of aromatic hydroxyl groups is 2. The Bertz CT molecular complexity index is 363. The summed E-state index contributed by atoms with van der Waals surface area (Å²) in [5.74, 6) is -0.355. The van der Waals surface area contributed by atoms with Crippen LogP contribution in [0.25, 0.3) is 0 Å². The first-order valence-corrected chi connectivity index (χ1v) is 4.44. The Kier molecular flexibility index (Phi) is 3.79. The van der Waals surface area contributed by atoms with Gasteiger partial charge in [0, 0.05) is 5.56 Å². The molecule has 0 radical (unpaired) electrons. The smallest absolute Gasteiger partial charge is 0.200 e. The van der Waals surface area contributed by atoms with Gasteiger partial charge >= 0.3 is 0 Å². The zero-order valence-corrected chi connectivity index (χ0v) is 8.60. The molecule has 2 N–H and O–H groups in total. The minimum atomic E-state index is -0.286. The third-order valence-electron chi connectivity index (χ3n) is 1.70. The summed E-state index contributed by atoms with van der Waals surface area (Å²) >= 11 is 0. The summed E-state index contributed by atoms with van der Waals surface area (Å²) in [7, 11) is 1.40. The number of benzene rings is 1. The molecule has 0 saturated heterocycles. The lowest BCUT2D eigenvalue weighted by Gasteiger charge is -2.05. The largest absolute Gasteiger partial charge is 0.504 e. The first kappa shape index (κ1) is 11.2. The summed E-state index contributed by atoms with van der Waals surface area (Å²) in [6.45, 7) is 2.28. The highest BCUT2D eigenvalue weighted by atomic mass is 16.6. The first-order valence-electron chi connectivity index (χ1n) is 4.44. The topological polar surface area (TPSA) is 71.3 Å². The van der Waals surface area contributed by atoms with Gasteiger partial charge in [-0.1, -0.05) is 5.16 Å². The molecule has 1 rings (SSSR count). The summed E-state index contributed by atoms with van der Waals surface area (Å²) in [6, 6.07) is 2.90. The Labute approximate surface area is 87.6 Å². The molecule has 0 spiro atoms. The normalized spacial score (nSPS) is 10.5. The molecule has 0 amide bonds. The van der Waals surface area contributed by atoms with Crippen LogP contribution in [0.15, 0.2) is 17.3 Å². The second-order valence-electron chi connectivity index (χ2n) is 2.74. The first-order chi connectivity index (χ1) is 7.19. The average Bonchev–Trinajstić information content (AvgIpc) is 2.23. The Morgan fingerprint density at radius 1 is 1.40 bits per heavy atom.